The van der Waals surface area contributed by atoms with Crippen LogP contribution in [0, 0.1) is 0 Å². The third kappa shape index (κ3) is 21.4. The molecule has 0 saturated heterocycles. The fourth-order valence-corrected chi connectivity index (χ4v) is 2.53. The molecule has 0 rings (SSSR count). The van der Waals surface area contributed by atoms with Gasteiger partial charge in [-0.15, -0.1) is 0 Å². The second-order valence-electron chi connectivity index (χ2n) is 6.23. The van der Waals surface area contributed by atoms with E-state index in [0.29, 0.717) is 6.54 Å². The van der Waals surface area contributed by atoms with E-state index in [0.717, 1.165) is 26.2 Å². The highest BCUT2D eigenvalue weighted by Crippen LogP contribution is 2.10. The van der Waals surface area contributed by atoms with E-state index in [1.165, 1.54) is 64.2 Å². The quantitative estimate of drug-likeness (QED) is 0.313. The molecule has 0 bridgehead atoms. The van der Waals surface area contributed by atoms with Gasteiger partial charge in [-0.3, -0.25) is 0 Å². The highest BCUT2D eigenvalue weighted by Gasteiger charge is 1.93. The predicted molar refractivity (Wildman–Crippen MR) is 95.5 cm³/mol. The zero-order valence-electron chi connectivity index (χ0n) is 15.1. The molecular weight excluding hydrogens is 290 g/mol. The van der Waals surface area contributed by atoms with Gasteiger partial charge in [0.25, 0.3) is 0 Å². The SMILES string of the molecule is CCCCCCCCCCCCNCCNCCNCC(=O)[O-]. The summed E-state index contributed by atoms with van der Waals surface area (Å²) in [4.78, 5) is 10.2. The Morgan fingerprint density at radius 2 is 1.09 bits per heavy atom. The molecule has 0 radical (unpaired) electrons. The third-order valence-electron chi connectivity index (χ3n) is 3.93. The van der Waals surface area contributed by atoms with Crippen LogP contribution in [0.4, 0.5) is 0 Å². The molecule has 0 saturated carbocycles. The minimum atomic E-state index is -1.05. The van der Waals surface area contributed by atoms with Crippen molar-refractivity contribution >= 4 is 5.97 Å². The average molecular weight is 329 g/mol. The molecule has 23 heavy (non-hydrogen) atoms. The highest BCUT2D eigenvalue weighted by molar-refractivity contribution is 5.66. The monoisotopic (exact) mass is 328 g/mol. The van der Waals surface area contributed by atoms with Gasteiger partial charge in [0, 0.05) is 32.7 Å². The molecule has 0 unspecified atom stereocenters. The maximum absolute atomic E-state index is 10.2. The van der Waals surface area contributed by atoms with Crippen molar-refractivity contribution in [2.45, 2.75) is 71.1 Å². The molecule has 0 amide bonds. The molecule has 138 valence electrons. The Labute approximate surface area is 143 Å². The highest BCUT2D eigenvalue weighted by atomic mass is 16.4. The number of hydrogen-bond acceptors (Lipinski definition) is 5. The lowest BCUT2D eigenvalue weighted by Crippen LogP contribution is -2.38. The lowest BCUT2D eigenvalue weighted by molar-refractivity contribution is -0.304. The van der Waals surface area contributed by atoms with Gasteiger partial charge >= 0.3 is 0 Å². The van der Waals surface area contributed by atoms with Gasteiger partial charge < -0.3 is 25.9 Å². The van der Waals surface area contributed by atoms with Crippen LogP contribution in [-0.2, 0) is 4.79 Å². The Morgan fingerprint density at radius 3 is 1.61 bits per heavy atom. The second-order valence-corrected chi connectivity index (χ2v) is 6.23. The Kier molecular flexibility index (Phi) is 18.8. The van der Waals surface area contributed by atoms with Crippen LogP contribution in [0.15, 0.2) is 0 Å². The van der Waals surface area contributed by atoms with Crippen molar-refractivity contribution in [1.82, 2.24) is 16.0 Å². The summed E-state index contributed by atoms with van der Waals surface area (Å²) in [6.45, 7) is 6.63. The number of carbonyl (C=O) groups is 1. The minimum absolute atomic E-state index is 0.0708. The molecule has 0 spiro atoms. The van der Waals surface area contributed by atoms with E-state index in [1.54, 1.807) is 0 Å². The van der Waals surface area contributed by atoms with Crippen molar-refractivity contribution < 1.29 is 9.90 Å². The van der Waals surface area contributed by atoms with Gasteiger partial charge in [-0.25, -0.2) is 0 Å². The maximum atomic E-state index is 10.2. The molecule has 0 aromatic carbocycles. The maximum Gasteiger partial charge on any atom is 0.0552 e. The third-order valence-corrected chi connectivity index (χ3v) is 3.93. The smallest absolute Gasteiger partial charge is 0.0552 e. The van der Waals surface area contributed by atoms with E-state index in [-0.39, 0.29) is 6.54 Å². The van der Waals surface area contributed by atoms with Crippen LogP contribution in [0.25, 0.3) is 0 Å². The van der Waals surface area contributed by atoms with Crippen molar-refractivity contribution in [3.05, 3.63) is 0 Å². The van der Waals surface area contributed by atoms with E-state index < -0.39 is 5.97 Å². The predicted octanol–water partition coefficient (Wildman–Crippen LogP) is 1.43. The van der Waals surface area contributed by atoms with Gasteiger partial charge in [0.15, 0.2) is 0 Å². The van der Waals surface area contributed by atoms with Gasteiger partial charge in [0.05, 0.1) is 5.97 Å². The molecule has 0 heterocycles. The first-order chi connectivity index (χ1) is 11.3. The van der Waals surface area contributed by atoms with Crippen molar-refractivity contribution in [1.29, 1.82) is 0 Å². The molecule has 0 aromatic heterocycles. The summed E-state index contributed by atoms with van der Waals surface area (Å²) in [6, 6.07) is 0. The lowest BCUT2D eigenvalue weighted by Gasteiger charge is -2.08. The van der Waals surface area contributed by atoms with E-state index in [2.05, 4.69) is 22.9 Å². The average Bonchev–Trinajstić information content (AvgIpc) is 2.53. The number of carboxylic acid groups (broad SMARTS) is 1. The molecule has 0 aliphatic carbocycles. The number of nitrogens with one attached hydrogen (secondary N) is 3. The first kappa shape index (κ1) is 22.4. The Hall–Kier alpha value is -0.650. The van der Waals surface area contributed by atoms with Gasteiger partial charge in [-0.05, 0) is 13.0 Å². The van der Waals surface area contributed by atoms with Crippen LogP contribution < -0.4 is 21.1 Å². The van der Waals surface area contributed by atoms with Gasteiger partial charge in [-0.1, -0.05) is 64.7 Å². The van der Waals surface area contributed by atoms with Crippen LogP contribution in [0.1, 0.15) is 71.1 Å². The summed E-state index contributed by atoms with van der Waals surface area (Å²) in [5.41, 5.74) is 0. The molecule has 0 fully saturated rings. The molecule has 5 nitrogen and oxygen atoms in total. The number of rotatable bonds is 19. The number of hydrogen-bond donors (Lipinski definition) is 3. The van der Waals surface area contributed by atoms with Crippen molar-refractivity contribution in [3.63, 3.8) is 0 Å². The Morgan fingerprint density at radius 1 is 0.652 bits per heavy atom. The molecule has 0 aromatic rings. The standard InChI is InChI=1S/C18H39N3O2/c1-2-3-4-5-6-7-8-9-10-11-12-19-13-14-20-15-16-21-17-18(22)23/h19-21H,2-17H2,1H3,(H,22,23)/p-1. The molecule has 0 atom stereocenters. The first-order valence-corrected chi connectivity index (χ1v) is 9.59. The molecular formula is C18H38N3O2-. The van der Waals surface area contributed by atoms with E-state index in [1.807, 2.05) is 0 Å². The molecule has 0 aliphatic heterocycles. The van der Waals surface area contributed by atoms with Gasteiger partial charge in [0.2, 0.25) is 0 Å². The Balaban J connectivity index is 2.96. The van der Waals surface area contributed by atoms with Gasteiger partial charge in [0.1, 0.15) is 0 Å². The van der Waals surface area contributed by atoms with Crippen LogP contribution >= 0.6 is 0 Å². The largest absolute Gasteiger partial charge is 0.549 e. The van der Waals surface area contributed by atoms with E-state index in [4.69, 9.17) is 0 Å². The first-order valence-electron chi connectivity index (χ1n) is 9.59. The second kappa shape index (κ2) is 19.4. The van der Waals surface area contributed by atoms with Gasteiger partial charge in [-0.2, -0.15) is 0 Å². The topological polar surface area (TPSA) is 76.2 Å². The molecule has 0 aliphatic rings. The zero-order chi connectivity index (χ0) is 17.0. The molecule has 5 heteroatoms. The molecule has 3 N–H and O–H groups in total. The summed E-state index contributed by atoms with van der Waals surface area (Å²) in [5, 5.41) is 19.6. The van der Waals surface area contributed by atoms with Crippen LogP contribution in [0.5, 0.6) is 0 Å². The van der Waals surface area contributed by atoms with Crippen LogP contribution in [-0.4, -0.2) is 45.2 Å². The summed E-state index contributed by atoms with van der Waals surface area (Å²) in [7, 11) is 0. The lowest BCUT2D eigenvalue weighted by atomic mass is 10.1. The fraction of sp³-hybridized carbons (Fsp3) is 0.944. The van der Waals surface area contributed by atoms with Crippen molar-refractivity contribution in [3.8, 4) is 0 Å². The summed E-state index contributed by atoms with van der Waals surface area (Å²) < 4.78 is 0. The number of carboxylic acids is 1. The fourth-order valence-electron chi connectivity index (χ4n) is 2.53. The Bertz CT molecular complexity index is 250. The number of aliphatic carboxylic acids is 1. The summed E-state index contributed by atoms with van der Waals surface area (Å²) >= 11 is 0. The summed E-state index contributed by atoms with van der Waals surface area (Å²) in [6.07, 6.45) is 13.8. The van der Waals surface area contributed by atoms with Crippen LogP contribution in [0.2, 0.25) is 0 Å². The number of carbonyl (C=O) groups excluding carboxylic acids is 1. The van der Waals surface area contributed by atoms with Crippen molar-refractivity contribution in [2.75, 3.05) is 39.3 Å². The van der Waals surface area contributed by atoms with Crippen molar-refractivity contribution in [2.24, 2.45) is 0 Å². The number of unbranched alkanes of at least 4 members (excludes halogenated alkanes) is 9. The normalized spacial score (nSPS) is 11.0. The zero-order valence-corrected chi connectivity index (χ0v) is 15.1. The van der Waals surface area contributed by atoms with E-state index in [9.17, 15) is 9.90 Å². The van der Waals surface area contributed by atoms with Crippen LogP contribution in [0.3, 0.4) is 0 Å². The minimum Gasteiger partial charge on any atom is -0.549 e. The van der Waals surface area contributed by atoms with E-state index >= 15 is 0 Å². The summed E-state index contributed by atoms with van der Waals surface area (Å²) in [5.74, 6) is -1.05.